The maximum atomic E-state index is 13.5. The quantitative estimate of drug-likeness (QED) is 0.738. The van der Waals surface area contributed by atoms with Crippen LogP contribution in [0.5, 0.6) is 0 Å². The van der Waals surface area contributed by atoms with Gasteiger partial charge in [-0.15, -0.1) is 0 Å². The Morgan fingerprint density at radius 1 is 0.900 bits per heavy atom. The molecule has 0 bridgehead atoms. The third-order valence-corrected chi connectivity index (χ3v) is 7.82. The van der Waals surface area contributed by atoms with Gasteiger partial charge in [-0.1, -0.05) is 73.5 Å². The molecule has 2 saturated carbocycles. The number of carbonyl (C=O) groups excluding carboxylic acids is 1. The number of rotatable bonds is 6. The third kappa shape index (κ3) is 4.18. The molecule has 1 heterocycles. The summed E-state index contributed by atoms with van der Waals surface area (Å²) in [6, 6.07) is 21.6. The zero-order valence-electron chi connectivity index (χ0n) is 17.9. The van der Waals surface area contributed by atoms with Crippen molar-refractivity contribution in [3.63, 3.8) is 0 Å². The van der Waals surface area contributed by atoms with Crippen LogP contribution in [-0.2, 0) is 11.3 Å². The fourth-order valence-corrected chi connectivity index (χ4v) is 6.37. The molecule has 0 spiro atoms. The fraction of sp³-hybridized carbons (Fsp3) is 0.519. The van der Waals surface area contributed by atoms with Crippen LogP contribution in [0.1, 0.15) is 55.6 Å². The van der Waals surface area contributed by atoms with E-state index < -0.39 is 0 Å². The van der Waals surface area contributed by atoms with Crippen molar-refractivity contribution in [2.45, 2.75) is 57.0 Å². The number of benzene rings is 2. The van der Waals surface area contributed by atoms with Crippen LogP contribution in [0.3, 0.4) is 0 Å². The second-order valence-electron chi connectivity index (χ2n) is 9.73. The summed E-state index contributed by atoms with van der Waals surface area (Å²) in [7, 11) is 0. The molecule has 158 valence electrons. The first-order valence-corrected chi connectivity index (χ1v) is 11.9. The van der Waals surface area contributed by atoms with E-state index in [1.807, 2.05) is 0 Å². The maximum Gasteiger partial charge on any atom is 0.228 e. The van der Waals surface area contributed by atoms with Gasteiger partial charge in [0.05, 0.1) is 5.92 Å². The Hall–Kier alpha value is -2.13. The van der Waals surface area contributed by atoms with Crippen molar-refractivity contribution in [2.24, 2.45) is 17.8 Å². The van der Waals surface area contributed by atoms with Crippen LogP contribution in [0.15, 0.2) is 60.7 Å². The van der Waals surface area contributed by atoms with Gasteiger partial charge < -0.3 is 5.32 Å². The van der Waals surface area contributed by atoms with E-state index in [1.54, 1.807) is 0 Å². The number of carbonyl (C=O) groups is 1. The van der Waals surface area contributed by atoms with E-state index in [2.05, 4.69) is 70.9 Å². The Morgan fingerprint density at radius 3 is 2.33 bits per heavy atom. The molecule has 30 heavy (non-hydrogen) atoms. The summed E-state index contributed by atoms with van der Waals surface area (Å²) in [5.74, 6) is 2.15. The van der Waals surface area contributed by atoms with Gasteiger partial charge in [0.1, 0.15) is 0 Å². The first-order valence-electron chi connectivity index (χ1n) is 11.9. The van der Waals surface area contributed by atoms with Crippen LogP contribution in [0.4, 0.5) is 0 Å². The summed E-state index contributed by atoms with van der Waals surface area (Å²) >= 11 is 0. The first kappa shape index (κ1) is 19.8. The number of fused-ring (bicyclic) bond motifs is 1. The van der Waals surface area contributed by atoms with Crippen molar-refractivity contribution >= 4 is 5.91 Å². The molecule has 3 aliphatic rings. The highest BCUT2D eigenvalue weighted by Crippen LogP contribution is 2.41. The molecule has 5 rings (SSSR count). The SMILES string of the molecule is O=C(N[C@H]1CC[C@@H]2CN(Cc3ccccc3)C[C@H]21)C(c1ccccc1)C1CCCC1. The summed E-state index contributed by atoms with van der Waals surface area (Å²) in [5, 5.41) is 3.54. The minimum Gasteiger partial charge on any atom is -0.352 e. The van der Waals surface area contributed by atoms with Gasteiger partial charge in [0.15, 0.2) is 0 Å². The Balaban J connectivity index is 1.25. The topological polar surface area (TPSA) is 32.3 Å². The lowest BCUT2D eigenvalue weighted by molar-refractivity contribution is -0.124. The van der Waals surface area contributed by atoms with Gasteiger partial charge in [-0.05, 0) is 54.6 Å². The van der Waals surface area contributed by atoms with Crippen molar-refractivity contribution in [1.82, 2.24) is 10.2 Å². The van der Waals surface area contributed by atoms with E-state index in [0.717, 1.165) is 25.4 Å². The monoisotopic (exact) mass is 402 g/mol. The number of likely N-dealkylation sites (tertiary alicyclic amines) is 1. The van der Waals surface area contributed by atoms with Gasteiger partial charge in [0.2, 0.25) is 5.91 Å². The van der Waals surface area contributed by atoms with Gasteiger partial charge in [-0.2, -0.15) is 0 Å². The molecule has 2 aliphatic carbocycles. The molecule has 1 N–H and O–H groups in total. The van der Waals surface area contributed by atoms with Crippen LogP contribution in [0, 0.1) is 17.8 Å². The lowest BCUT2D eigenvalue weighted by Crippen LogP contribution is -2.43. The van der Waals surface area contributed by atoms with Crippen molar-refractivity contribution in [3.8, 4) is 0 Å². The number of amides is 1. The molecule has 1 amide bonds. The molecular weight excluding hydrogens is 368 g/mol. The Labute approximate surface area is 180 Å². The standard InChI is InChI=1S/C27H34N2O/c30-27(26(22-13-7-8-14-22)21-11-5-2-6-12-21)28-25-16-15-23-18-29(19-24(23)25)17-20-9-3-1-4-10-20/h1-6,9-12,22-26H,7-8,13-19H2,(H,28,30)/t23-,24-,25+,26?/m1/s1. The second-order valence-corrected chi connectivity index (χ2v) is 9.73. The zero-order chi connectivity index (χ0) is 20.3. The maximum absolute atomic E-state index is 13.5. The average Bonchev–Trinajstić information content (AvgIpc) is 3.50. The second kappa shape index (κ2) is 8.93. The molecule has 3 nitrogen and oxygen atoms in total. The Bertz CT molecular complexity index is 830. The molecule has 1 unspecified atom stereocenters. The smallest absolute Gasteiger partial charge is 0.228 e. The Kier molecular flexibility index (Phi) is 5.90. The van der Waals surface area contributed by atoms with Crippen LogP contribution in [0.2, 0.25) is 0 Å². The van der Waals surface area contributed by atoms with Gasteiger partial charge in [0.25, 0.3) is 0 Å². The largest absolute Gasteiger partial charge is 0.352 e. The molecule has 3 fully saturated rings. The molecule has 1 aliphatic heterocycles. The van der Waals surface area contributed by atoms with E-state index in [-0.39, 0.29) is 11.8 Å². The normalized spacial score (nSPS) is 27.8. The molecule has 4 atom stereocenters. The van der Waals surface area contributed by atoms with Crippen molar-refractivity contribution < 1.29 is 4.79 Å². The van der Waals surface area contributed by atoms with Crippen LogP contribution in [-0.4, -0.2) is 29.9 Å². The molecule has 0 radical (unpaired) electrons. The minimum atomic E-state index is 0.0228. The molecule has 3 heteroatoms. The van der Waals surface area contributed by atoms with Crippen LogP contribution < -0.4 is 5.32 Å². The fourth-order valence-electron chi connectivity index (χ4n) is 6.37. The van der Waals surface area contributed by atoms with E-state index in [0.29, 0.717) is 17.9 Å². The Morgan fingerprint density at radius 2 is 1.60 bits per heavy atom. The summed E-state index contributed by atoms with van der Waals surface area (Å²) in [6.07, 6.45) is 7.31. The first-order chi connectivity index (χ1) is 14.8. The number of nitrogens with one attached hydrogen (secondary N) is 1. The molecule has 0 aromatic heterocycles. The van der Waals surface area contributed by atoms with Crippen molar-refractivity contribution in [2.75, 3.05) is 13.1 Å². The predicted octanol–water partition coefficient (Wildman–Crippen LogP) is 4.99. The van der Waals surface area contributed by atoms with Crippen LogP contribution >= 0.6 is 0 Å². The highest BCUT2D eigenvalue weighted by Gasteiger charge is 2.44. The molecule has 1 saturated heterocycles. The third-order valence-electron chi connectivity index (χ3n) is 7.82. The van der Waals surface area contributed by atoms with Crippen molar-refractivity contribution in [3.05, 3.63) is 71.8 Å². The number of hydrogen-bond acceptors (Lipinski definition) is 2. The van der Waals surface area contributed by atoms with E-state index in [1.165, 1.54) is 49.8 Å². The van der Waals surface area contributed by atoms with E-state index in [9.17, 15) is 4.79 Å². The predicted molar refractivity (Wildman–Crippen MR) is 121 cm³/mol. The van der Waals surface area contributed by atoms with Gasteiger partial charge in [-0.3, -0.25) is 9.69 Å². The van der Waals surface area contributed by atoms with Crippen molar-refractivity contribution in [1.29, 1.82) is 0 Å². The summed E-state index contributed by atoms with van der Waals surface area (Å²) in [5.41, 5.74) is 2.59. The number of hydrogen-bond donors (Lipinski definition) is 1. The highest BCUT2D eigenvalue weighted by molar-refractivity contribution is 5.84. The van der Waals surface area contributed by atoms with Gasteiger partial charge >= 0.3 is 0 Å². The summed E-state index contributed by atoms with van der Waals surface area (Å²) in [6.45, 7) is 3.32. The van der Waals surface area contributed by atoms with E-state index in [4.69, 9.17) is 0 Å². The summed E-state index contributed by atoms with van der Waals surface area (Å²) < 4.78 is 0. The highest BCUT2D eigenvalue weighted by atomic mass is 16.2. The van der Waals surface area contributed by atoms with Gasteiger partial charge in [0, 0.05) is 25.7 Å². The molecular formula is C27H34N2O. The molecule has 2 aromatic rings. The summed E-state index contributed by atoms with van der Waals surface area (Å²) in [4.78, 5) is 16.1. The lowest BCUT2D eigenvalue weighted by Gasteiger charge is -2.27. The van der Waals surface area contributed by atoms with Gasteiger partial charge in [-0.25, -0.2) is 0 Å². The lowest BCUT2D eigenvalue weighted by atomic mass is 9.83. The van der Waals surface area contributed by atoms with E-state index >= 15 is 0 Å². The minimum absolute atomic E-state index is 0.0228. The average molecular weight is 403 g/mol. The zero-order valence-corrected chi connectivity index (χ0v) is 17.9. The molecule has 2 aromatic carbocycles. The number of nitrogens with zero attached hydrogens (tertiary/aromatic N) is 1. The van der Waals surface area contributed by atoms with Crippen LogP contribution in [0.25, 0.3) is 0 Å².